The van der Waals surface area contributed by atoms with E-state index in [1.807, 2.05) is 18.4 Å². The summed E-state index contributed by atoms with van der Waals surface area (Å²) >= 11 is 1.59. The van der Waals surface area contributed by atoms with Crippen LogP contribution in [0.2, 0.25) is 0 Å². The molecule has 110 valence electrons. The van der Waals surface area contributed by atoms with Gasteiger partial charge in [-0.1, -0.05) is 6.07 Å². The Bertz CT molecular complexity index is 608. The van der Waals surface area contributed by atoms with Crippen molar-refractivity contribution in [2.24, 2.45) is 0 Å². The van der Waals surface area contributed by atoms with Crippen molar-refractivity contribution >= 4 is 17.7 Å². The lowest BCUT2D eigenvalue weighted by Gasteiger charge is -2.07. The topological polar surface area (TPSA) is 29.1 Å². The average Bonchev–Trinajstić information content (AvgIpc) is 2.50. The largest absolute Gasteiger partial charge is 0.352 e. The van der Waals surface area contributed by atoms with Crippen LogP contribution in [-0.4, -0.2) is 18.7 Å². The monoisotopic (exact) mass is 307 g/mol. The molecule has 2 nitrogen and oxygen atoms in total. The third kappa shape index (κ3) is 4.04. The normalized spacial score (nSPS) is 10.4. The van der Waals surface area contributed by atoms with Gasteiger partial charge in [-0.25, -0.2) is 8.78 Å². The van der Waals surface area contributed by atoms with Crippen molar-refractivity contribution in [2.75, 3.05) is 12.8 Å². The van der Waals surface area contributed by atoms with Gasteiger partial charge < -0.3 is 5.32 Å². The summed E-state index contributed by atoms with van der Waals surface area (Å²) in [6, 6.07) is 10.9. The van der Waals surface area contributed by atoms with E-state index in [0.29, 0.717) is 5.56 Å². The predicted molar refractivity (Wildman–Crippen MR) is 80.6 cm³/mol. The molecule has 5 heteroatoms. The third-order valence-electron chi connectivity index (χ3n) is 3.07. The smallest absolute Gasteiger partial charge is 0.251 e. The first-order valence-corrected chi connectivity index (χ1v) is 7.69. The van der Waals surface area contributed by atoms with E-state index < -0.39 is 11.6 Å². The minimum atomic E-state index is -0.589. The van der Waals surface area contributed by atoms with Crippen LogP contribution >= 0.6 is 11.8 Å². The molecule has 2 aromatic rings. The lowest BCUT2D eigenvalue weighted by molar-refractivity contribution is 0.0954. The standard InChI is InChI=1S/C16H15F2NOS/c1-21-12-7-5-11(6-8-12)16(20)19-10-9-13-14(17)3-2-4-15(13)18/h2-8H,9-10H2,1H3,(H,19,20). The highest BCUT2D eigenvalue weighted by Gasteiger charge is 2.09. The van der Waals surface area contributed by atoms with Crippen molar-refractivity contribution in [3.8, 4) is 0 Å². The third-order valence-corrected chi connectivity index (χ3v) is 3.82. The minimum Gasteiger partial charge on any atom is -0.352 e. The Kier molecular flexibility index (Phi) is 5.33. The summed E-state index contributed by atoms with van der Waals surface area (Å²) in [5.74, 6) is -1.43. The molecule has 1 amide bonds. The van der Waals surface area contributed by atoms with Crippen LogP contribution in [0.4, 0.5) is 8.78 Å². The molecule has 0 atom stereocenters. The Morgan fingerprint density at radius 1 is 1.10 bits per heavy atom. The van der Waals surface area contributed by atoms with Crippen molar-refractivity contribution in [1.29, 1.82) is 0 Å². The van der Waals surface area contributed by atoms with E-state index >= 15 is 0 Å². The van der Waals surface area contributed by atoms with Crippen molar-refractivity contribution in [3.05, 3.63) is 65.2 Å². The van der Waals surface area contributed by atoms with E-state index in [-0.39, 0.29) is 24.4 Å². The quantitative estimate of drug-likeness (QED) is 0.854. The molecule has 1 N–H and O–H groups in total. The Morgan fingerprint density at radius 2 is 1.71 bits per heavy atom. The molecular weight excluding hydrogens is 292 g/mol. The molecule has 0 bridgehead atoms. The number of halogens is 2. The van der Waals surface area contributed by atoms with E-state index in [2.05, 4.69) is 5.32 Å². The Hall–Kier alpha value is -1.88. The van der Waals surface area contributed by atoms with Crippen molar-refractivity contribution < 1.29 is 13.6 Å². The fraction of sp³-hybridized carbons (Fsp3) is 0.188. The van der Waals surface area contributed by atoms with Gasteiger partial charge in [0.15, 0.2) is 0 Å². The van der Waals surface area contributed by atoms with Crippen LogP contribution in [0.15, 0.2) is 47.4 Å². The molecule has 0 aliphatic heterocycles. The maximum Gasteiger partial charge on any atom is 0.251 e. The van der Waals surface area contributed by atoms with Crippen LogP contribution in [0, 0.1) is 11.6 Å². The number of rotatable bonds is 5. The molecule has 0 radical (unpaired) electrons. The van der Waals surface area contributed by atoms with Crippen LogP contribution in [0.25, 0.3) is 0 Å². The second-order valence-electron chi connectivity index (χ2n) is 4.43. The lowest BCUT2D eigenvalue weighted by atomic mass is 10.1. The SMILES string of the molecule is CSc1ccc(C(=O)NCCc2c(F)cccc2F)cc1. The van der Waals surface area contributed by atoms with Gasteiger partial charge in [-0.3, -0.25) is 4.79 Å². The van der Waals surface area contributed by atoms with Gasteiger partial charge in [0.2, 0.25) is 0 Å². The van der Waals surface area contributed by atoms with Crippen LogP contribution in [-0.2, 0) is 6.42 Å². The molecule has 0 saturated carbocycles. The summed E-state index contributed by atoms with van der Waals surface area (Å²) in [6.45, 7) is 0.182. The maximum absolute atomic E-state index is 13.4. The van der Waals surface area contributed by atoms with Gasteiger partial charge in [-0.2, -0.15) is 0 Å². The molecule has 0 saturated heterocycles. The first kappa shape index (κ1) is 15.5. The number of hydrogen-bond donors (Lipinski definition) is 1. The highest BCUT2D eigenvalue weighted by molar-refractivity contribution is 7.98. The maximum atomic E-state index is 13.4. The molecule has 0 spiro atoms. The molecule has 2 aromatic carbocycles. The molecule has 0 unspecified atom stereocenters. The van der Waals surface area contributed by atoms with Gasteiger partial charge in [-0.05, 0) is 49.1 Å². The van der Waals surface area contributed by atoms with Gasteiger partial charge in [0, 0.05) is 22.6 Å². The summed E-state index contributed by atoms with van der Waals surface area (Å²) in [7, 11) is 0. The Labute approximate surface area is 126 Å². The van der Waals surface area contributed by atoms with E-state index in [0.717, 1.165) is 4.90 Å². The molecular formula is C16H15F2NOS. The lowest BCUT2D eigenvalue weighted by Crippen LogP contribution is -2.26. The summed E-state index contributed by atoms with van der Waals surface area (Å²) in [4.78, 5) is 13.0. The number of thioether (sulfide) groups is 1. The number of benzene rings is 2. The number of nitrogens with one attached hydrogen (secondary N) is 1. The van der Waals surface area contributed by atoms with Crippen LogP contribution < -0.4 is 5.32 Å². The van der Waals surface area contributed by atoms with Crippen molar-refractivity contribution in [3.63, 3.8) is 0 Å². The predicted octanol–water partition coefficient (Wildman–Crippen LogP) is 3.66. The fourth-order valence-electron chi connectivity index (χ4n) is 1.92. The molecule has 0 heterocycles. The van der Waals surface area contributed by atoms with Crippen LogP contribution in [0.3, 0.4) is 0 Å². The second kappa shape index (κ2) is 7.22. The zero-order valence-electron chi connectivity index (χ0n) is 11.5. The van der Waals surface area contributed by atoms with Gasteiger partial charge in [-0.15, -0.1) is 11.8 Å². The van der Waals surface area contributed by atoms with E-state index in [1.165, 1.54) is 18.2 Å². The van der Waals surface area contributed by atoms with E-state index in [1.54, 1.807) is 23.9 Å². The highest BCUT2D eigenvalue weighted by atomic mass is 32.2. The van der Waals surface area contributed by atoms with Gasteiger partial charge in [0.05, 0.1) is 0 Å². The zero-order chi connectivity index (χ0) is 15.2. The first-order chi connectivity index (χ1) is 10.1. The van der Waals surface area contributed by atoms with E-state index in [9.17, 15) is 13.6 Å². The molecule has 0 fully saturated rings. The molecule has 0 aliphatic rings. The first-order valence-electron chi connectivity index (χ1n) is 6.47. The minimum absolute atomic E-state index is 0.00414. The van der Waals surface area contributed by atoms with E-state index in [4.69, 9.17) is 0 Å². The number of carbonyl (C=O) groups excluding carboxylic acids is 1. The number of amides is 1. The zero-order valence-corrected chi connectivity index (χ0v) is 12.3. The molecule has 21 heavy (non-hydrogen) atoms. The van der Waals surface area contributed by atoms with Crippen LogP contribution in [0.1, 0.15) is 15.9 Å². The van der Waals surface area contributed by atoms with Gasteiger partial charge in [0.1, 0.15) is 11.6 Å². The summed E-state index contributed by atoms with van der Waals surface area (Å²) in [5.41, 5.74) is 0.525. The van der Waals surface area contributed by atoms with Gasteiger partial charge >= 0.3 is 0 Å². The van der Waals surface area contributed by atoms with Crippen molar-refractivity contribution in [2.45, 2.75) is 11.3 Å². The van der Waals surface area contributed by atoms with Gasteiger partial charge in [0.25, 0.3) is 5.91 Å². The number of carbonyl (C=O) groups is 1. The Morgan fingerprint density at radius 3 is 2.29 bits per heavy atom. The molecule has 2 rings (SSSR count). The summed E-state index contributed by atoms with van der Waals surface area (Å²) in [5, 5.41) is 2.66. The summed E-state index contributed by atoms with van der Waals surface area (Å²) < 4.78 is 26.9. The Balaban J connectivity index is 1.92. The summed E-state index contributed by atoms with van der Waals surface area (Å²) in [6.07, 6.45) is 2.07. The van der Waals surface area contributed by atoms with Crippen LogP contribution in [0.5, 0.6) is 0 Å². The van der Waals surface area contributed by atoms with Crippen molar-refractivity contribution in [1.82, 2.24) is 5.32 Å². The fourth-order valence-corrected chi connectivity index (χ4v) is 2.32. The average molecular weight is 307 g/mol. The highest BCUT2D eigenvalue weighted by Crippen LogP contribution is 2.15. The number of hydrogen-bond acceptors (Lipinski definition) is 2. The second-order valence-corrected chi connectivity index (χ2v) is 5.31. The molecule has 0 aliphatic carbocycles. The molecule has 0 aromatic heterocycles.